The van der Waals surface area contributed by atoms with Crippen LogP contribution in [0.2, 0.25) is 0 Å². The molecule has 34 heavy (non-hydrogen) atoms. The van der Waals surface area contributed by atoms with E-state index in [-0.39, 0.29) is 22.4 Å². The molecule has 0 aromatic heterocycles. The van der Waals surface area contributed by atoms with Crippen LogP contribution in [0.3, 0.4) is 0 Å². The standard InChI is InChI=1S/C22H27N3O8S/c1-10-18(17(21(32)33)25-22(10,11(2)26)8-16(27)28)34-14-7-15(23-9-14)19(29)24-13-5-3-4-12(6-13)20(30)31/h3-6,10-11,14-15,18,23,26H,7-9H2,1-2H3,(H,24,29)(H,27,28)(H,30,31)(H,32,33). The lowest BCUT2D eigenvalue weighted by molar-refractivity contribution is -0.140. The van der Waals surface area contributed by atoms with Gasteiger partial charge in [-0.25, -0.2) is 9.59 Å². The van der Waals surface area contributed by atoms with Crippen LogP contribution in [-0.2, 0) is 14.4 Å². The van der Waals surface area contributed by atoms with Gasteiger partial charge in [0.25, 0.3) is 0 Å². The van der Waals surface area contributed by atoms with E-state index in [2.05, 4.69) is 15.6 Å². The number of carboxylic acids is 3. The van der Waals surface area contributed by atoms with Crippen LogP contribution >= 0.6 is 11.8 Å². The SMILES string of the molecule is CC(O)C1(CC(=O)O)N=C(C(=O)O)C(SC2CNC(C(=O)Nc3cccc(C(=O)O)c3)C2)C1C. The predicted molar refractivity (Wildman–Crippen MR) is 125 cm³/mol. The van der Waals surface area contributed by atoms with Crippen molar-refractivity contribution in [1.29, 1.82) is 0 Å². The van der Waals surface area contributed by atoms with Crippen LogP contribution < -0.4 is 10.6 Å². The summed E-state index contributed by atoms with van der Waals surface area (Å²) in [6.07, 6.45) is -1.28. The maximum absolute atomic E-state index is 12.7. The Morgan fingerprint density at radius 1 is 1.24 bits per heavy atom. The molecule has 6 atom stereocenters. The van der Waals surface area contributed by atoms with Gasteiger partial charge < -0.3 is 31.1 Å². The lowest BCUT2D eigenvalue weighted by Gasteiger charge is -2.35. The molecule has 0 spiro atoms. The third-order valence-corrected chi connectivity index (χ3v) is 8.01. The van der Waals surface area contributed by atoms with Crippen molar-refractivity contribution in [3.63, 3.8) is 0 Å². The molecule has 6 unspecified atom stereocenters. The minimum atomic E-state index is -1.45. The number of aliphatic imine (C=N–C) groups is 1. The number of rotatable bonds is 9. The van der Waals surface area contributed by atoms with E-state index in [1.807, 2.05) is 0 Å². The van der Waals surface area contributed by atoms with Gasteiger partial charge in [0.2, 0.25) is 5.91 Å². The van der Waals surface area contributed by atoms with Crippen LogP contribution in [0.15, 0.2) is 29.3 Å². The molecule has 184 valence electrons. The largest absolute Gasteiger partial charge is 0.481 e. The van der Waals surface area contributed by atoms with Gasteiger partial charge in [-0.2, -0.15) is 0 Å². The summed E-state index contributed by atoms with van der Waals surface area (Å²) in [5.41, 5.74) is -1.24. The summed E-state index contributed by atoms with van der Waals surface area (Å²) in [5.74, 6) is -4.47. The summed E-state index contributed by atoms with van der Waals surface area (Å²) < 4.78 is 0. The second-order valence-corrected chi connectivity index (χ2v) is 10.0. The van der Waals surface area contributed by atoms with E-state index in [0.29, 0.717) is 18.7 Å². The molecule has 11 nitrogen and oxygen atoms in total. The Balaban J connectivity index is 1.69. The number of aliphatic carboxylic acids is 2. The lowest BCUT2D eigenvalue weighted by atomic mass is 9.79. The molecule has 2 aliphatic heterocycles. The summed E-state index contributed by atoms with van der Waals surface area (Å²) in [6.45, 7) is 3.51. The number of amides is 1. The fourth-order valence-corrected chi connectivity index (χ4v) is 6.14. The number of aliphatic hydroxyl groups excluding tert-OH is 1. The molecule has 12 heteroatoms. The molecule has 6 N–H and O–H groups in total. The summed E-state index contributed by atoms with van der Waals surface area (Å²) in [4.78, 5) is 51.3. The zero-order valence-electron chi connectivity index (χ0n) is 18.6. The third kappa shape index (κ3) is 5.24. The van der Waals surface area contributed by atoms with Crippen molar-refractivity contribution in [2.24, 2.45) is 10.9 Å². The Labute approximate surface area is 199 Å². The average Bonchev–Trinajstić information content (AvgIpc) is 3.33. The summed E-state index contributed by atoms with van der Waals surface area (Å²) in [6, 6.07) is 5.31. The molecule has 0 aliphatic carbocycles. The highest BCUT2D eigenvalue weighted by Crippen LogP contribution is 2.45. The van der Waals surface area contributed by atoms with E-state index < -0.39 is 53.2 Å². The maximum atomic E-state index is 12.7. The zero-order chi connectivity index (χ0) is 25.2. The molecule has 2 aliphatic rings. The van der Waals surface area contributed by atoms with E-state index in [1.54, 1.807) is 13.0 Å². The van der Waals surface area contributed by atoms with Crippen molar-refractivity contribution in [3.8, 4) is 0 Å². The van der Waals surface area contributed by atoms with Crippen LogP contribution in [0.1, 0.15) is 37.0 Å². The van der Waals surface area contributed by atoms with Crippen LogP contribution in [0.25, 0.3) is 0 Å². The number of carboxylic acid groups (broad SMARTS) is 3. The molecule has 0 radical (unpaired) electrons. The first-order valence-electron chi connectivity index (χ1n) is 10.7. The fraction of sp³-hybridized carbons (Fsp3) is 0.500. The van der Waals surface area contributed by atoms with Gasteiger partial charge in [0.1, 0.15) is 11.3 Å². The van der Waals surface area contributed by atoms with Gasteiger partial charge in [-0.15, -0.1) is 11.8 Å². The fourth-order valence-electron chi connectivity index (χ4n) is 4.48. The first-order chi connectivity index (χ1) is 15.9. The Morgan fingerprint density at radius 3 is 2.53 bits per heavy atom. The topological polar surface area (TPSA) is 186 Å². The number of aromatic carboxylic acids is 1. The quantitative estimate of drug-likeness (QED) is 0.289. The highest BCUT2D eigenvalue weighted by Gasteiger charge is 2.54. The van der Waals surface area contributed by atoms with Crippen molar-refractivity contribution in [2.75, 3.05) is 11.9 Å². The molecule has 1 aromatic carbocycles. The minimum Gasteiger partial charge on any atom is -0.481 e. The van der Waals surface area contributed by atoms with Crippen molar-refractivity contribution in [3.05, 3.63) is 29.8 Å². The Bertz CT molecular complexity index is 1030. The highest BCUT2D eigenvalue weighted by atomic mass is 32.2. The second-order valence-electron chi connectivity index (χ2n) is 8.58. The first kappa shape index (κ1) is 25.7. The van der Waals surface area contributed by atoms with E-state index in [4.69, 9.17) is 5.11 Å². The molecule has 1 aromatic rings. The maximum Gasteiger partial charge on any atom is 0.350 e. The van der Waals surface area contributed by atoms with E-state index in [0.717, 1.165) is 0 Å². The Morgan fingerprint density at radius 2 is 1.94 bits per heavy atom. The molecule has 0 saturated carbocycles. The number of carbonyl (C=O) groups excluding carboxylic acids is 1. The van der Waals surface area contributed by atoms with Crippen LogP contribution in [0.5, 0.6) is 0 Å². The van der Waals surface area contributed by atoms with Gasteiger partial charge in [-0.3, -0.25) is 14.6 Å². The van der Waals surface area contributed by atoms with Gasteiger partial charge in [-0.1, -0.05) is 13.0 Å². The van der Waals surface area contributed by atoms with Gasteiger partial charge in [0, 0.05) is 23.4 Å². The highest BCUT2D eigenvalue weighted by molar-refractivity contribution is 8.01. The van der Waals surface area contributed by atoms with Crippen molar-refractivity contribution < 1.29 is 39.6 Å². The third-order valence-electron chi connectivity index (χ3n) is 6.34. The summed E-state index contributed by atoms with van der Waals surface area (Å²) in [5, 5.41) is 43.4. The number of anilines is 1. The van der Waals surface area contributed by atoms with Crippen LogP contribution in [-0.4, -0.2) is 84.7 Å². The zero-order valence-corrected chi connectivity index (χ0v) is 19.4. The normalized spacial score (nSPS) is 29.3. The molecule has 2 heterocycles. The Kier molecular flexibility index (Phi) is 7.64. The number of nitrogens with one attached hydrogen (secondary N) is 2. The minimum absolute atomic E-state index is 0.0456. The molecule has 1 amide bonds. The number of hydrogen-bond acceptors (Lipinski definition) is 8. The van der Waals surface area contributed by atoms with Crippen LogP contribution in [0.4, 0.5) is 5.69 Å². The number of benzene rings is 1. The molecular formula is C22H27N3O8S. The number of nitrogens with zero attached hydrogens (tertiary/aromatic N) is 1. The number of hydrogen-bond donors (Lipinski definition) is 6. The monoisotopic (exact) mass is 493 g/mol. The first-order valence-corrected chi connectivity index (χ1v) is 11.6. The van der Waals surface area contributed by atoms with Crippen molar-refractivity contribution in [2.45, 2.75) is 54.9 Å². The number of thioether (sulfide) groups is 1. The average molecular weight is 494 g/mol. The predicted octanol–water partition coefficient (Wildman–Crippen LogP) is 0.925. The summed E-state index contributed by atoms with van der Waals surface area (Å²) in [7, 11) is 0. The molecule has 1 saturated heterocycles. The molecule has 3 rings (SSSR count). The molecule has 0 bridgehead atoms. The van der Waals surface area contributed by atoms with Gasteiger partial charge in [0.05, 0.1) is 29.4 Å². The van der Waals surface area contributed by atoms with E-state index in [1.165, 1.54) is 36.9 Å². The molecule has 1 fully saturated rings. The lowest BCUT2D eigenvalue weighted by Crippen LogP contribution is -2.46. The van der Waals surface area contributed by atoms with Crippen molar-refractivity contribution in [1.82, 2.24) is 5.32 Å². The van der Waals surface area contributed by atoms with Gasteiger partial charge >= 0.3 is 17.9 Å². The van der Waals surface area contributed by atoms with Gasteiger partial charge in [-0.05, 0) is 31.5 Å². The molecular weight excluding hydrogens is 466 g/mol. The van der Waals surface area contributed by atoms with Crippen molar-refractivity contribution >= 4 is 47.0 Å². The van der Waals surface area contributed by atoms with Gasteiger partial charge in [0.15, 0.2) is 0 Å². The second kappa shape index (κ2) is 10.1. The number of aliphatic hydroxyl groups is 1. The Hall–Kier alpha value is -2.96. The van der Waals surface area contributed by atoms with E-state index in [9.17, 15) is 34.5 Å². The number of carbonyl (C=O) groups is 4. The van der Waals surface area contributed by atoms with Crippen LogP contribution in [0, 0.1) is 5.92 Å². The summed E-state index contributed by atoms with van der Waals surface area (Å²) >= 11 is 1.30. The van der Waals surface area contributed by atoms with E-state index >= 15 is 0 Å². The smallest absolute Gasteiger partial charge is 0.350 e.